The molecule has 9 heteroatoms. The summed E-state index contributed by atoms with van der Waals surface area (Å²) in [5.74, 6) is 0.916. The van der Waals surface area contributed by atoms with Crippen molar-refractivity contribution in [2.75, 3.05) is 30.8 Å². The number of carbonyl (C=O) groups excluding carboxylic acids is 2. The Morgan fingerprint density at radius 1 is 1.05 bits per heavy atom. The Bertz CT molecular complexity index is 1210. The number of aromatic nitrogens is 1. The monoisotopic (exact) mass is 583 g/mol. The number of thioether (sulfide) groups is 1. The zero-order chi connectivity index (χ0) is 28.0. The van der Waals surface area contributed by atoms with Crippen molar-refractivity contribution in [3.63, 3.8) is 0 Å². The van der Waals surface area contributed by atoms with E-state index >= 15 is 0 Å². The summed E-state index contributed by atoms with van der Waals surface area (Å²) in [5.41, 5.74) is 2.14. The van der Waals surface area contributed by atoms with Gasteiger partial charge in [0.15, 0.2) is 4.34 Å². The SMILES string of the molecule is CCCCCCCCCCOc1ccc(C(=O)Nc2ccc3nc(SCC(=O)NC[C@H]4CCCO4)sc3c2)cc1. The average Bonchev–Trinajstić information content (AvgIpc) is 3.64. The van der Waals surface area contributed by atoms with Gasteiger partial charge >= 0.3 is 0 Å². The minimum atomic E-state index is -0.170. The van der Waals surface area contributed by atoms with Crippen molar-refractivity contribution in [1.29, 1.82) is 0 Å². The molecule has 1 saturated heterocycles. The maximum atomic E-state index is 12.8. The molecule has 0 radical (unpaired) electrons. The van der Waals surface area contributed by atoms with Crippen molar-refractivity contribution in [2.45, 2.75) is 81.6 Å². The van der Waals surface area contributed by atoms with Crippen LogP contribution in [0.15, 0.2) is 46.8 Å². The Morgan fingerprint density at radius 3 is 2.58 bits per heavy atom. The molecule has 0 unspecified atom stereocenters. The van der Waals surface area contributed by atoms with Gasteiger partial charge in [-0.3, -0.25) is 9.59 Å². The molecule has 1 aromatic heterocycles. The lowest BCUT2D eigenvalue weighted by atomic mass is 10.1. The lowest BCUT2D eigenvalue weighted by Gasteiger charge is -2.09. The molecule has 3 aromatic rings. The van der Waals surface area contributed by atoms with Gasteiger partial charge in [0.05, 0.1) is 28.7 Å². The Hall–Kier alpha value is -2.62. The molecule has 216 valence electrons. The van der Waals surface area contributed by atoms with Gasteiger partial charge in [-0.25, -0.2) is 4.98 Å². The Morgan fingerprint density at radius 2 is 1.82 bits per heavy atom. The number of thiazole rings is 1. The van der Waals surface area contributed by atoms with Gasteiger partial charge in [0.2, 0.25) is 5.91 Å². The third kappa shape index (κ3) is 10.1. The molecule has 0 bridgehead atoms. The fraction of sp³-hybridized carbons (Fsp3) is 0.516. The highest BCUT2D eigenvalue weighted by Gasteiger charge is 2.16. The summed E-state index contributed by atoms with van der Waals surface area (Å²) in [6.45, 7) is 4.30. The summed E-state index contributed by atoms with van der Waals surface area (Å²) in [6, 6.07) is 13.0. The van der Waals surface area contributed by atoms with Crippen molar-refractivity contribution in [1.82, 2.24) is 10.3 Å². The summed E-state index contributed by atoms with van der Waals surface area (Å²) in [6.07, 6.45) is 12.4. The van der Waals surface area contributed by atoms with Crippen LogP contribution in [0.3, 0.4) is 0 Å². The van der Waals surface area contributed by atoms with Gasteiger partial charge in [0.1, 0.15) is 5.75 Å². The molecule has 7 nitrogen and oxygen atoms in total. The number of ether oxygens (including phenoxy) is 2. The van der Waals surface area contributed by atoms with Crippen LogP contribution in [0.4, 0.5) is 5.69 Å². The second-order valence-electron chi connectivity index (χ2n) is 10.2. The maximum Gasteiger partial charge on any atom is 0.255 e. The van der Waals surface area contributed by atoms with Crippen molar-refractivity contribution < 1.29 is 19.1 Å². The highest BCUT2D eigenvalue weighted by molar-refractivity contribution is 8.01. The van der Waals surface area contributed by atoms with Gasteiger partial charge < -0.3 is 20.1 Å². The highest BCUT2D eigenvalue weighted by atomic mass is 32.2. The number of nitrogens with zero attached hydrogens (tertiary/aromatic N) is 1. The number of hydrogen-bond donors (Lipinski definition) is 2. The quantitative estimate of drug-likeness (QED) is 0.127. The van der Waals surface area contributed by atoms with Gasteiger partial charge in [0, 0.05) is 24.4 Å². The number of unbranched alkanes of at least 4 members (excludes halogenated alkanes) is 7. The normalized spacial score (nSPS) is 14.9. The molecule has 1 aliphatic heterocycles. The lowest BCUT2D eigenvalue weighted by Crippen LogP contribution is -2.32. The number of fused-ring (bicyclic) bond motifs is 1. The lowest BCUT2D eigenvalue weighted by molar-refractivity contribution is -0.119. The molecule has 4 rings (SSSR count). The van der Waals surface area contributed by atoms with Crippen molar-refractivity contribution in [3.8, 4) is 5.75 Å². The minimum absolute atomic E-state index is 0.0164. The highest BCUT2D eigenvalue weighted by Crippen LogP contribution is 2.31. The second-order valence-corrected chi connectivity index (χ2v) is 12.4. The van der Waals surface area contributed by atoms with Crippen LogP contribution in [0.5, 0.6) is 5.75 Å². The number of rotatable bonds is 17. The van der Waals surface area contributed by atoms with Crippen LogP contribution >= 0.6 is 23.1 Å². The molecule has 2 N–H and O–H groups in total. The number of anilines is 1. The van der Waals surface area contributed by atoms with Gasteiger partial charge in [0.25, 0.3) is 5.91 Å². The predicted octanol–water partition coefficient (Wildman–Crippen LogP) is 7.46. The van der Waals surface area contributed by atoms with E-state index in [0.29, 0.717) is 30.2 Å². The maximum absolute atomic E-state index is 12.8. The first kappa shape index (κ1) is 30.3. The van der Waals surface area contributed by atoms with E-state index < -0.39 is 0 Å². The van der Waals surface area contributed by atoms with E-state index in [1.165, 1.54) is 68.0 Å². The molecule has 1 fully saturated rings. The summed E-state index contributed by atoms with van der Waals surface area (Å²) in [5, 5.41) is 5.91. The van der Waals surface area contributed by atoms with Crippen LogP contribution in [-0.4, -0.2) is 48.4 Å². The predicted molar refractivity (Wildman–Crippen MR) is 165 cm³/mol. The molecular weight excluding hydrogens is 542 g/mol. The third-order valence-corrected chi connectivity index (χ3v) is 9.05. The molecule has 1 aliphatic rings. The van der Waals surface area contributed by atoms with Crippen molar-refractivity contribution >= 4 is 50.8 Å². The fourth-order valence-electron chi connectivity index (χ4n) is 4.59. The summed E-state index contributed by atoms with van der Waals surface area (Å²) in [7, 11) is 0. The smallest absolute Gasteiger partial charge is 0.255 e. The number of carbonyl (C=O) groups is 2. The van der Waals surface area contributed by atoms with Crippen molar-refractivity contribution in [3.05, 3.63) is 48.0 Å². The van der Waals surface area contributed by atoms with E-state index in [0.717, 1.165) is 46.2 Å². The molecule has 0 aliphatic carbocycles. The molecular formula is C31H41N3O4S2. The Kier molecular flexibility index (Phi) is 12.6. The molecule has 40 heavy (non-hydrogen) atoms. The molecule has 1 atom stereocenters. The minimum Gasteiger partial charge on any atom is -0.494 e. The van der Waals surface area contributed by atoms with E-state index in [9.17, 15) is 9.59 Å². The van der Waals surface area contributed by atoms with Gasteiger partial charge in [-0.2, -0.15) is 0 Å². The van der Waals surface area contributed by atoms with Gasteiger partial charge in [-0.05, 0) is 61.7 Å². The largest absolute Gasteiger partial charge is 0.494 e. The topological polar surface area (TPSA) is 89.5 Å². The van der Waals surface area contributed by atoms with E-state index in [-0.39, 0.29) is 17.9 Å². The number of hydrogen-bond acceptors (Lipinski definition) is 7. The first-order valence-corrected chi connectivity index (χ1v) is 16.4. The number of amides is 2. The zero-order valence-electron chi connectivity index (χ0n) is 23.4. The molecule has 2 heterocycles. The summed E-state index contributed by atoms with van der Waals surface area (Å²) < 4.78 is 13.2. The zero-order valence-corrected chi connectivity index (χ0v) is 25.0. The summed E-state index contributed by atoms with van der Waals surface area (Å²) >= 11 is 2.94. The van der Waals surface area contributed by atoms with Crippen LogP contribution in [0.25, 0.3) is 10.2 Å². The average molecular weight is 584 g/mol. The summed E-state index contributed by atoms with van der Waals surface area (Å²) in [4.78, 5) is 29.6. The van der Waals surface area contributed by atoms with Gasteiger partial charge in [-0.15, -0.1) is 11.3 Å². The van der Waals surface area contributed by atoms with Crippen LogP contribution < -0.4 is 15.4 Å². The van der Waals surface area contributed by atoms with E-state index in [1.54, 1.807) is 12.1 Å². The van der Waals surface area contributed by atoms with Crippen LogP contribution in [0, 0.1) is 0 Å². The third-order valence-electron chi connectivity index (χ3n) is 6.89. The van der Waals surface area contributed by atoms with Crippen LogP contribution in [0.1, 0.15) is 81.5 Å². The molecule has 0 spiro atoms. The first-order valence-electron chi connectivity index (χ1n) is 14.6. The van der Waals surface area contributed by atoms with Crippen molar-refractivity contribution in [2.24, 2.45) is 0 Å². The van der Waals surface area contributed by atoms with Crippen LogP contribution in [0.2, 0.25) is 0 Å². The van der Waals surface area contributed by atoms with E-state index in [1.807, 2.05) is 30.3 Å². The Balaban J connectivity index is 1.17. The van der Waals surface area contributed by atoms with Crippen LogP contribution in [-0.2, 0) is 9.53 Å². The standard InChI is InChI=1S/C31H41N3O4S2/c1-2-3-4-5-6-7-8-9-18-37-25-15-12-23(13-16-25)30(36)33-24-14-17-27-28(20-24)40-31(34-27)39-22-29(35)32-21-26-11-10-19-38-26/h12-17,20,26H,2-11,18-19,21-22H2,1H3,(H,32,35)(H,33,36)/t26-/m1/s1. The molecule has 0 saturated carbocycles. The molecule has 2 amide bonds. The van der Waals surface area contributed by atoms with E-state index in [4.69, 9.17) is 9.47 Å². The first-order chi connectivity index (χ1) is 19.6. The number of nitrogens with one attached hydrogen (secondary N) is 2. The fourth-order valence-corrected chi connectivity index (χ4v) is 6.52. The van der Waals surface area contributed by atoms with Gasteiger partial charge in [-0.1, -0.05) is 63.6 Å². The second kappa shape index (κ2) is 16.6. The number of benzene rings is 2. The van der Waals surface area contributed by atoms with E-state index in [2.05, 4.69) is 22.5 Å². The molecule has 2 aromatic carbocycles. The Labute approximate surface area is 245 Å².